The number of carbonyl (C=O) groups excluding carboxylic acids is 2. The highest BCUT2D eigenvalue weighted by Crippen LogP contribution is 2.32. The average molecular weight is 359 g/mol. The molecule has 1 aromatic rings. The van der Waals surface area contributed by atoms with Gasteiger partial charge in [-0.3, -0.25) is 9.59 Å². The molecule has 2 rings (SSSR count). The van der Waals surface area contributed by atoms with Crippen LogP contribution in [0.5, 0.6) is 0 Å². The first-order chi connectivity index (χ1) is 12.5. The minimum absolute atomic E-state index is 0.00557. The number of benzene rings is 1. The smallest absolute Gasteiger partial charge is 0.226 e. The van der Waals surface area contributed by atoms with Gasteiger partial charge in [-0.2, -0.15) is 0 Å². The van der Waals surface area contributed by atoms with Crippen LogP contribution in [0.15, 0.2) is 24.3 Å². The molecule has 1 aliphatic rings. The van der Waals surface area contributed by atoms with E-state index in [1.165, 1.54) is 32.1 Å². The van der Waals surface area contributed by atoms with Gasteiger partial charge in [-0.15, -0.1) is 0 Å². The molecule has 0 aromatic heterocycles. The summed E-state index contributed by atoms with van der Waals surface area (Å²) in [6, 6.07) is 7.70. The molecule has 0 unspecified atom stereocenters. The van der Waals surface area contributed by atoms with Crippen LogP contribution in [-0.2, 0) is 16.1 Å². The molecule has 0 heterocycles. The molecule has 0 aliphatic heterocycles. The van der Waals surface area contributed by atoms with Crippen molar-refractivity contribution in [2.24, 2.45) is 17.8 Å². The Bertz CT molecular complexity index is 590. The maximum Gasteiger partial charge on any atom is 0.226 e. The number of hydrogen-bond donors (Lipinski definition) is 2. The second kappa shape index (κ2) is 10.3. The van der Waals surface area contributed by atoms with E-state index in [1.807, 2.05) is 38.1 Å². The third-order valence-corrected chi connectivity index (χ3v) is 5.37. The molecule has 26 heavy (non-hydrogen) atoms. The van der Waals surface area contributed by atoms with Gasteiger partial charge in [-0.1, -0.05) is 52.2 Å². The van der Waals surface area contributed by atoms with Crippen molar-refractivity contribution in [1.82, 2.24) is 5.32 Å². The summed E-state index contributed by atoms with van der Waals surface area (Å²) in [6.45, 7) is 6.50. The van der Waals surface area contributed by atoms with Crippen LogP contribution in [0.25, 0.3) is 0 Å². The predicted octanol–water partition coefficient (Wildman–Crippen LogP) is 4.89. The van der Waals surface area contributed by atoms with Gasteiger partial charge in [0.2, 0.25) is 11.8 Å². The first-order valence-electron chi connectivity index (χ1n) is 10.2. The van der Waals surface area contributed by atoms with Crippen LogP contribution >= 0.6 is 0 Å². The first-order valence-corrected chi connectivity index (χ1v) is 10.2. The Labute approximate surface area is 158 Å². The van der Waals surface area contributed by atoms with Crippen LogP contribution in [0.2, 0.25) is 0 Å². The largest absolute Gasteiger partial charge is 0.352 e. The van der Waals surface area contributed by atoms with E-state index in [9.17, 15) is 9.59 Å². The molecule has 1 fully saturated rings. The van der Waals surface area contributed by atoms with E-state index in [0.29, 0.717) is 6.54 Å². The van der Waals surface area contributed by atoms with Crippen molar-refractivity contribution in [2.75, 3.05) is 5.32 Å². The average Bonchev–Trinajstić information content (AvgIpc) is 2.65. The fraction of sp³-hybridized carbons (Fsp3) is 0.636. The molecule has 2 amide bonds. The van der Waals surface area contributed by atoms with Crippen LogP contribution in [0, 0.1) is 17.8 Å². The van der Waals surface area contributed by atoms with Crippen LogP contribution in [-0.4, -0.2) is 11.8 Å². The van der Waals surface area contributed by atoms with Crippen LogP contribution in [0.4, 0.5) is 5.69 Å². The SMILES string of the molecule is CCCCC1CCC(C(=O)NCc2cccc(NC(=O)C(C)C)c2)CC1. The summed E-state index contributed by atoms with van der Waals surface area (Å²) >= 11 is 0. The normalized spacial score (nSPS) is 20.0. The fourth-order valence-electron chi connectivity index (χ4n) is 3.59. The maximum absolute atomic E-state index is 12.5. The van der Waals surface area contributed by atoms with Crippen LogP contribution in [0.3, 0.4) is 0 Å². The Morgan fingerprint density at radius 3 is 2.54 bits per heavy atom. The molecular weight excluding hydrogens is 324 g/mol. The van der Waals surface area contributed by atoms with Gasteiger partial charge in [0.15, 0.2) is 0 Å². The molecule has 1 aromatic carbocycles. The molecule has 0 radical (unpaired) electrons. The van der Waals surface area contributed by atoms with E-state index in [-0.39, 0.29) is 23.7 Å². The lowest BCUT2D eigenvalue weighted by atomic mass is 9.79. The second-order valence-corrected chi connectivity index (χ2v) is 7.92. The van der Waals surface area contributed by atoms with Crippen molar-refractivity contribution in [1.29, 1.82) is 0 Å². The maximum atomic E-state index is 12.5. The minimum atomic E-state index is -0.0502. The molecule has 1 aliphatic carbocycles. The summed E-state index contributed by atoms with van der Waals surface area (Å²) in [5.41, 5.74) is 1.79. The highest BCUT2D eigenvalue weighted by molar-refractivity contribution is 5.92. The van der Waals surface area contributed by atoms with Crippen molar-refractivity contribution < 1.29 is 9.59 Å². The van der Waals surface area contributed by atoms with Crippen LogP contribution in [0.1, 0.15) is 71.3 Å². The zero-order valence-electron chi connectivity index (χ0n) is 16.5. The van der Waals surface area contributed by atoms with E-state index >= 15 is 0 Å². The van der Waals surface area contributed by atoms with Gasteiger partial charge in [-0.05, 0) is 49.3 Å². The van der Waals surface area contributed by atoms with Gasteiger partial charge in [0.05, 0.1) is 0 Å². The number of amides is 2. The third kappa shape index (κ3) is 6.47. The summed E-state index contributed by atoms with van der Waals surface area (Å²) in [4.78, 5) is 24.3. The number of nitrogens with one attached hydrogen (secondary N) is 2. The van der Waals surface area contributed by atoms with Gasteiger partial charge in [0, 0.05) is 24.1 Å². The van der Waals surface area contributed by atoms with Crippen molar-refractivity contribution in [3.63, 3.8) is 0 Å². The van der Waals surface area contributed by atoms with E-state index in [2.05, 4.69) is 17.6 Å². The summed E-state index contributed by atoms with van der Waals surface area (Å²) < 4.78 is 0. The van der Waals surface area contributed by atoms with Gasteiger partial charge in [-0.25, -0.2) is 0 Å². The van der Waals surface area contributed by atoms with Gasteiger partial charge < -0.3 is 10.6 Å². The highest BCUT2D eigenvalue weighted by Gasteiger charge is 2.25. The number of carbonyl (C=O) groups is 2. The Hall–Kier alpha value is -1.84. The number of rotatable bonds is 8. The topological polar surface area (TPSA) is 58.2 Å². The predicted molar refractivity (Wildman–Crippen MR) is 107 cm³/mol. The highest BCUT2D eigenvalue weighted by atomic mass is 16.2. The zero-order chi connectivity index (χ0) is 18.9. The first kappa shape index (κ1) is 20.5. The molecule has 0 atom stereocenters. The lowest BCUT2D eigenvalue weighted by Gasteiger charge is -2.27. The molecular formula is C22H34N2O2. The summed E-state index contributed by atoms with van der Waals surface area (Å²) in [5.74, 6) is 1.12. The third-order valence-electron chi connectivity index (χ3n) is 5.37. The van der Waals surface area contributed by atoms with Gasteiger partial charge in [0.25, 0.3) is 0 Å². The summed E-state index contributed by atoms with van der Waals surface area (Å²) in [5, 5.41) is 5.98. The molecule has 1 saturated carbocycles. The number of anilines is 1. The van der Waals surface area contributed by atoms with Crippen molar-refractivity contribution in [3.8, 4) is 0 Å². The lowest BCUT2D eigenvalue weighted by molar-refractivity contribution is -0.126. The van der Waals surface area contributed by atoms with Crippen molar-refractivity contribution in [3.05, 3.63) is 29.8 Å². The van der Waals surface area contributed by atoms with Crippen molar-refractivity contribution in [2.45, 2.75) is 72.3 Å². The standard InChI is InChI=1S/C22H34N2O2/c1-4-5-7-17-10-12-19(13-11-17)22(26)23-15-18-8-6-9-20(14-18)24-21(25)16(2)3/h6,8-9,14,16-17,19H,4-5,7,10-13,15H2,1-3H3,(H,23,26)(H,24,25). The molecule has 0 spiro atoms. The molecule has 2 N–H and O–H groups in total. The van der Waals surface area contributed by atoms with E-state index < -0.39 is 0 Å². The molecule has 0 bridgehead atoms. The number of unbranched alkanes of at least 4 members (excludes halogenated alkanes) is 1. The zero-order valence-corrected chi connectivity index (χ0v) is 16.5. The summed E-state index contributed by atoms with van der Waals surface area (Å²) in [7, 11) is 0. The number of hydrogen-bond acceptors (Lipinski definition) is 2. The second-order valence-electron chi connectivity index (χ2n) is 7.92. The molecule has 4 nitrogen and oxygen atoms in total. The van der Waals surface area contributed by atoms with E-state index in [4.69, 9.17) is 0 Å². The Kier molecular flexibility index (Phi) is 8.14. The van der Waals surface area contributed by atoms with Crippen molar-refractivity contribution >= 4 is 17.5 Å². The van der Waals surface area contributed by atoms with E-state index in [1.54, 1.807) is 0 Å². The molecule has 0 saturated heterocycles. The Morgan fingerprint density at radius 2 is 1.88 bits per heavy atom. The summed E-state index contributed by atoms with van der Waals surface area (Å²) in [6.07, 6.45) is 8.31. The quantitative estimate of drug-likeness (QED) is 0.695. The lowest BCUT2D eigenvalue weighted by Crippen LogP contribution is -2.32. The van der Waals surface area contributed by atoms with Gasteiger partial charge >= 0.3 is 0 Å². The Balaban J connectivity index is 1.78. The van der Waals surface area contributed by atoms with E-state index in [0.717, 1.165) is 30.0 Å². The Morgan fingerprint density at radius 1 is 1.15 bits per heavy atom. The fourth-order valence-corrected chi connectivity index (χ4v) is 3.59. The van der Waals surface area contributed by atoms with Crippen LogP contribution < -0.4 is 10.6 Å². The minimum Gasteiger partial charge on any atom is -0.352 e. The monoisotopic (exact) mass is 358 g/mol. The molecule has 4 heteroatoms. The molecule has 144 valence electrons. The van der Waals surface area contributed by atoms with Gasteiger partial charge in [0.1, 0.15) is 0 Å².